The van der Waals surface area contributed by atoms with E-state index in [-0.39, 0.29) is 36.9 Å². The fraction of sp³-hybridized carbons (Fsp3) is 0.600. The molecule has 0 bridgehead atoms. The van der Waals surface area contributed by atoms with Gasteiger partial charge in [0.2, 0.25) is 0 Å². The molecular weight excluding hydrogens is 318 g/mol. The summed E-state index contributed by atoms with van der Waals surface area (Å²) in [7, 11) is 1.64. The first kappa shape index (κ1) is 19.3. The van der Waals surface area contributed by atoms with Gasteiger partial charge in [-0.1, -0.05) is 44.4 Å². The second-order valence-electron chi connectivity index (χ2n) is 6.89. The number of carbonyl (C=O) groups excluding carboxylic acids is 2. The molecule has 1 aliphatic rings. The van der Waals surface area contributed by atoms with E-state index in [1.54, 1.807) is 7.11 Å². The van der Waals surface area contributed by atoms with E-state index < -0.39 is 0 Å². The number of hydrogen-bond donors (Lipinski definition) is 1. The minimum absolute atomic E-state index is 0.116. The smallest absolute Gasteiger partial charge is 0.306 e. The highest BCUT2D eigenvalue weighted by Gasteiger charge is 2.18. The average molecular weight is 347 g/mol. The summed E-state index contributed by atoms with van der Waals surface area (Å²) >= 11 is 0. The van der Waals surface area contributed by atoms with E-state index in [1.165, 1.54) is 6.42 Å². The topological polar surface area (TPSA) is 64.6 Å². The lowest BCUT2D eigenvalue weighted by atomic mass is 9.95. The fourth-order valence-electron chi connectivity index (χ4n) is 3.32. The largest absolute Gasteiger partial charge is 0.496 e. The van der Waals surface area contributed by atoms with Crippen molar-refractivity contribution >= 4 is 11.9 Å². The van der Waals surface area contributed by atoms with Gasteiger partial charge >= 0.3 is 5.97 Å². The molecule has 138 valence electrons. The molecule has 1 aromatic rings. The number of ether oxygens (including phenoxy) is 2. The Morgan fingerprint density at radius 3 is 2.64 bits per heavy atom. The minimum atomic E-state index is -0.332. The van der Waals surface area contributed by atoms with Gasteiger partial charge in [0.25, 0.3) is 5.91 Å². The van der Waals surface area contributed by atoms with Gasteiger partial charge in [0.1, 0.15) is 5.75 Å². The van der Waals surface area contributed by atoms with Crippen molar-refractivity contribution in [3.8, 4) is 5.75 Å². The van der Waals surface area contributed by atoms with Crippen LogP contribution in [-0.4, -0.2) is 31.6 Å². The second-order valence-corrected chi connectivity index (χ2v) is 6.89. The van der Waals surface area contributed by atoms with Gasteiger partial charge in [-0.2, -0.15) is 0 Å². The van der Waals surface area contributed by atoms with Gasteiger partial charge in [0.15, 0.2) is 6.61 Å². The van der Waals surface area contributed by atoms with Crippen LogP contribution >= 0.6 is 0 Å². The molecular formula is C20H29NO4. The van der Waals surface area contributed by atoms with Gasteiger partial charge in [0.05, 0.1) is 7.11 Å². The van der Waals surface area contributed by atoms with E-state index in [0.717, 1.165) is 43.4 Å². The zero-order valence-electron chi connectivity index (χ0n) is 15.3. The van der Waals surface area contributed by atoms with Crippen molar-refractivity contribution in [1.29, 1.82) is 0 Å². The maximum atomic E-state index is 12.0. The molecule has 0 radical (unpaired) electrons. The van der Waals surface area contributed by atoms with E-state index in [2.05, 4.69) is 5.32 Å². The highest BCUT2D eigenvalue weighted by Crippen LogP contribution is 2.22. The van der Waals surface area contributed by atoms with Crippen LogP contribution in [0.25, 0.3) is 0 Å². The summed E-state index contributed by atoms with van der Waals surface area (Å²) in [6.45, 7) is 1.81. The Balaban J connectivity index is 1.69. The summed E-state index contributed by atoms with van der Waals surface area (Å²) in [5.41, 5.74) is 1.07. The molecule has 0 saturated heterocycles. The maximum absolute atomic E-state index is 12.0. The molecule has 0 aliphatic heterocycles. The van der Waals surface area contributed by atoms with Crippen LogP contribution in [-0.2, 0) is 20.7 Å². The van der Waals surface area contributed by atoms with Crippen molar-refractivity contribution in [3.05, 3.63) is 29.8 Å². The van der Waals surface area contributed by atoms with Crippen molar-refractivity contribution in [2.75, 3.05) is 13.7 Å². The Bertz CT molecular complexity index is 567. The zero-order valence-corrected chi connectivity index (χ0v) is 15.3. The fourth-order valence-corrected chi connectivity index (χ4v) is 3.32. The normalized spacial score (nSPS) is 16.1. The van der Waals surface area contributed by atoms with Gasteiger partial charge < -0.3 is 14.8 Å². The Hall–Kier alpha value is -2.04. The third-order valence-electron chi connectivity index (χ3n) is 4.61. The molecule has 1 unspecified atom stereocenters. The number of amides is 1. The van der Waals surface area contributed by atoms with Gasteiger partial charge in [-0.15, -0.1) is 0 Å². The lowest BCUT2D eigenvalue weighted by molar-refractivity contribution is -0.149. The molecule has 0 aromatic heterocycles. The Labute approximate surface area is 150 Å². The lowest BCUT2D eigenvalue weighted by Crippen LogP contribution is -2.38. The number of nitrogens with one attached hydrogen (secondary N) is 1. The highest BCUT2D eigenvalue weighted by molar-refractivity contribution is 5.80. The molecule has 25 heavy (non-hydrogen) atoms. The van der Waals surface area contributed by atoms with Crippen LogP contribution in [0.3, 0.4) is 0 Å². The molecule has 2 rings (SSSR count). The maximum Gasteiger partial charge on any atom is 0.306 e. The molecule has 1 aromatic carbocycles. The number of methoxy groups -OCH3 is 1. The molecule has 1 aliphatic carbocycles. The predicted molar refractivity (Wildman–Crippen MR) is 96.5 cm³/mol. The predicted octanol–water partition coefficient (Wildman–Crippen LogP) is 3.26. The molecule has 1 atom stereocenters. The van der Waals surface area contributed by atoms with Crippen LogP contribution in [0.4, 0.5) is 0 Å². The summed E-state index contributed by atoms with van der Waals surface area (Å²) < 4.78 is 10.5. The number of esters is 1. The van der Waals surface area contributed by atoms with Gasteiger partial charge in [-0.25, -0.2) is 0 Å². The molecule has 0 heterocycles. The van der Waals surface area contributed by atoms with Crippen molar-refractivity contribution in [2.45, 2.75) is 57.9 Å². The van der Waals surface area contributed by atoms with Crippen LogP contribution in [0.5, 0.6) is 5.75 Å². The summed E-state index contributed by atoms with van der Waals surface area (Å²) in [5, 5.41) is 2.95. The first-order valence-corrected chi connectivity index (χ1v) is 9.15. The summed E-state index contributed by atoms with van der Waals surface area (Å²) in [6, 6.07) is 8.03. The van der Waals surface area contributed by atoms with Crippen LogP contribution < -0.4 is 10.1 Å². The van der Waals surface area contributed by atoms with E-state index in [0.29, 0.717) is 0 Å². The number of carbonyl (C=O) groups is 2. The first-order chi connectivity index (χ1) is 12.1. The number of rotatable bonds is 8. The van der Waals surface area contributed by atoms with E-state index in [9.17, 15) is 9.59 Å². The Morgan fingerprint density at radius 1 is 1.20 bits per heavy atom. The van der Waals surface area contributed by atoms with Crippen molar-refractivity contribution in [1.82, 2.24) is 5.32 Å². The third kappa shape index (κ3) is 6.77. The second kappa shape index (κ2) is 10.1. The number of hydrogen-bond acceptors (Lipinski definition) is 4. The van der Waals surface area contributed by atoms with Crippen molar-refractivity contribution in [2.24, 2.45) is 5.92 Å². The molecule has 0 spiro atoms. The van der Waals surface area contributed by atoms with Gasteiger partial charge in [0, 0.05) is 12.5 Å². The standard InChI is InChI=1S/C20H29NO4/c1-15(12-16-8-6-7-11-18(16)24-2)13-20(23)25-14-19(22)21-17-9-4-3-5-10-17/h6-8,11,15,17H,3-5,9-10,12-14H2,1-2H3,(H,21,22). The quantitative estimate of drug-likeness (QED) is 0.733. The van der Waals surface area contributed by atoms with Crippen LogP contribution in [0, 0.1) is 5.92 Å². The van der Waals surface area contributed by atoms with Crippen LogP contribution in [0.1, 0.15) is 51.0 Å². The molecule has 5 heteroatoms. The Morgan fingerprint density at radius 2 is 1.92 bits per heavy atom. The summed E-state index contributed by atoms with van der Waals surface area (Å²) in [4.78, 5) is 23.8. The summed E-state index contributed by atoms with van der Waals surface area (Å²) in [5.74, 6) is 0.415. The minimum Gasteiger partial charge on any atom is -0.496 e. The first-order valence-electron chi connectivity index (χ1n) is 9.15. The Kier molecular flexibility index (Phi) is 7.76. The molecule has 1 amide bonds. The molecule has 5 nitrogen and oxygen atoms in total. The van der Waals surface area contributed by atoms with E-state index in [1.807, 2.05) is 31.2 Å². The molecule has 1 fully saturated rings. The van der Waals surface area contributed by atoms with E-state index >= 15 is 0 Å². The van der Waals surface area contributed by atoms with Gasteiger partial charge in [-0.05, 0) is 36.8 Å². The van der Waals surface area contributed by atoms with Crippen molar-refractivity contribution in [3.63, 3.8) is 0 Å². The molecule has 1 saturated carbocycles. The average Bonchev–Trinajstić information content (AvgIpc) is 2.61. The van der Waals surface area contributed by atoms with Crippen LogP contribution in [0.15, 0.2) is 24.3 Å². The lowest BCUT2D eigenvalue weighted by Gasteiger charge is -2.22. The van der Waals surface area contributed by atoms with Crippen molar-refractivity contribution < 1.29 is 19.1 Å². The number of para-hydroxylation sites is 1. The SMILES string of the molecule is COc1ccccc1CC(C)CC(=O)OCC(=O)NC1CCCCC1. The molecule has 1 N–H and O–H groups in total. The summed E-state index contributed by atoms with van der Waals surface area (Å²) in [6.07, 6.45) is 6.62. The monoisotopic (exact) mass is 347 g/mol. The highest BCUT2D eigenvalue weighted by atomic mass is 16.5. The van der Waals surface area contributed by atoms with E-state index in [4.69, 9.17) is 9.47 Å². The number of benzene rings is 1. The van der Waals surface area contributed by atoms with Crippen LogP contribution in [0.2, 0.25) is 0 Å². The third-order valence-corrected chi connectivity index (χ3v) is 4.61. The van der Waals surface area contributed by atoms with Gasteiger partial charge in [-0.3, -0.25) is 9.59 Å². The zero-order chi connectivity index (χ0) is 18.1.